The summed E-state index contributed by atoms with van der Waals surface area (Å²) in [6, 6.07) is -0.476. The molecule has 1 aliphatic rings. The first kappa shape index (κ1) is 11.8. The molecule has 0 spiro atoms. The largest absolute Gasteiger partial charge is 0.451 e. The molecule has 3 N–H and O–H groups in total. The first-order chi connectivity index (χ1) is 7.15. The van der Waals surface area contributed by atoms with Gasteiger partial charge >= 0.3 is 12.1 Å². The molecule has 0 aromatic rings. The standard InChI is InChI=1S/C9H17N3O3/c1-15-9(14)12(10)8(13)11-7-5-3-2-4-6-7/h7H,2-6,10H2,1H3,(H,11,13). The number of carbonyl (C=O) groups is 2. The molecule has 0 aromatic heterocycles. The van der Waals surface area contributed by atoms with Gasteiger partial charge in [0.25, 0.3) is 0 Å². The predicted molar refractivity (Wildman–Crippen MR) is 53.8 cm³/mol. The van der Waals surface area contributed by atoms with Gasteiger partial charge in [-0.25, -0.2) is 15.4 Å². The molecule has 15 heavy (non-hydrogen) atoms. The molecular weight excluding hydrogens is 198 g/mol. The molecule has 0 radical (unpaired) electrons. The summed E-state index contributed by atoms with van der Waals surface area (Å²) in [5.41, 5.74) is 0. The number of imide groups is 1. The average molecular weight is 215 g/mol. The molecule has 6 heteroatoms. The fourth-order valence-corrected chi connectivity index (χ4v) is 1.67. The van der Waals surface area contributed by atoms with E-state index in [1.54, 1.807) is 0 Å². The summed E-state index contributed by atoms with van der Waals surface area (Å²) in [5, 5.41) is 3.15. The van der Waals surface area contributed by atoms with E-state index in [-0.39, 0.29) is 6.04 Å². The Kier molecular flexibility index (Phi) is 4.36. The van der Waals surface area contributed by atoms with Crippen LogP contribution in [0.15, 0.2) is 0 Å². The highest BCUT2D eigenvalue weighted by atomic mass is 16.5. The summed E-state index contributed by atoms with van der Waals surface area (Å²) in [5.74, 6) is 5.24. The Morgan fingerprint density at radius 2 is 1.93 bits per heavy atom. The van der Waals surface area contributed by atoms with Crippen LogP contribution in [-0.2, 0) is 4.74 Å². The maximum Gasteiger partial charge on any atom is 0.432 e. The van der Waals surface area contributed by atoms with Crippen LogP contribution in [0.5, 0.6) is 0 Å². The van der Waals surface area contributed by atoms with Crippen LogP contribution >= 0.6 is 0 Å². The number of ether oxygens (including phenoxy) is 1. The number of nitrogens with one attached hydrogen (secondary N) is 1. The van der Waals surface area contributed by atoms with Gasteiger partial charge in [-0.15, -0.1) is 0 Å². The van der Waals surface area contributed by atoms with Gasteiger partial charge in [0.05, 0.1) is 7.11 Å². The number of carbonyl (C=O) groups excluding carboxylic acids is 2. The third-order valence-electron chi connectivity index (χ3n) is 2.52. The zero-order valence-corrected chi connectivity index (χ0v) is 8.86. The third-order valence-corrected chi connectivity index (χ3v) is 2.52. The van der Waals surface area contributed by atoms with Crippen molar-refractivity contribution in [2.75, 3.05) is 7.11 Å². The molecule has 0 saturated heterocycles. The fraction of sp³-hybridized carbons (Fsp3) is 0.778. The second-order valence-corrected chi connectivity index (χ2v) is 3.62. The van der Waals surface area contributed by atoms with Crippen LogP contribution < -0.4 is 11.2 Å². The summed E-state index contributed by atoms with van der Waals surface area (Å²) in [4.78, 5) is 22.3. The van der Waals surface area contributed by atoms with Crippen LogP contribution in [0.3, 0.4) is 0 Å². The third kappa shape index (κ3) is 3.39. The number of hydrogen-bond donors (Lipinski definition) is 2. The molecule has 0 unspecified atom stereocenters. The van der Waals surface area contributed by atoms with Crippen molar-refractivity contribution in [1.82, 2.24) is 10.3 Å². The molecule has 1 aliphatic carbocycles. The Bertz CT molecular complexity index is 239. The Labute approximate surface area is 88.7 Å². The second-order valence-electron chi connectivity index (χ2n) is 3.62. The molecule has 0 heterocycles. The number of hydrogen-bond acceptors (Lipinski definition) is 4. The minimum Gasteiger partial charge on any atom is -0.451 e. The molecule has 1 rings (SSSR count). The summed E-state index contributed by atoms with van der Waals surface area (Å²) in [6.45, 7) is 0. The number of hydrazine groups is 1. The lowest BCUT2D eigenvalue weighted by Crippen LogP contribution is -2.51. The average Bonchev–Trinajstić information content (AvgIpc) is 2.28. The van der Waals surface area contributed by atoms with E-state index >= 15 is 0 Å². The van der Waals surface area contributed by atoms with E-state index in [1.165, 1.54) is 13.5 Å². The fourth-order valence-electron chi connectivity index (χ4n) is 1.67. The van der Waals surface area contributed by atoms with Gasteiger partial charge < -0.3 is 10.1 Å². The summed E-state index contributed by atoms with van der Waals surface area (Å²) < 4.78 is 4.32. The summed E-state index contributed by atoms with van der Waals surface area (Å²) >= 11 is 0. The van der Waals surface area contributed by atoms with Gasteiger partial charge in [-0.3, -0.25) is 0 Å². The monoisotopic (exact) mass is 215 g/mol. The number of urea groups is 1. The Morgan fingerprint density at radius 3 is 2.47 bits per heavy atom. The molecule has 0 aliphatic heterocycles. The maximum absolute atomic E-state index is 11.4. The van der Waals surface area contributed by atoms with Crippen molar-refractivity contribution in [3.63, 3.8) is 0 Å². The van der Waals surface area contributed by atoms with E-state index in [9.17, 15) is 9.59 Å². The Morgan fingerprint density at radius 1 is 1.33 bits per heavy atom. The Balaban J connectivity index is 2.36. The highest BCUT2D eigenvalue weighted by Crippen LogP contribution is 2.17. The maximum atomic E-state index is 11.4. The Hall–Kier alpha value is -1.30. The smallest absolute Gasteiger partial charge is 0.432 e. The molecule has 3 amide bonds. The van der Waals surface area contributed by atoms with Crippen LogP contribution in [0.1, 0.15) is 32.1 Å². The van der Waals surface area contributed by atoms with E-state index < -0.39 is 12.1 Å². The van der Waals surface area contributed by atoms with Gasteiger partial charge in [0.15, 0.2) is 0 Å². The quantitative estimate of drug-likeness (QED) is 0.388. The van der Waals surface area contributed by atoms with Crippen molar-refractivity contribution in [2.24, 2.45) is 5.84 Å². The summed E-state index contributed by atoms with van der Waals surface area (Å²) in [6.07, 6.45) is 4.45. The van der Waals surface area contributed by atoms with Crippen molar-refractivity contribution >= 4 is 12.1 Å². The first-order valence-electron chi connectivity index (χ1n) is 5.08. The normalized spacial score (nSPS) is 16.9. The highest BCUT2D eigenvalue weighted by Gasteiger charge is 2.22. The van der Waals surface area contributed by atoms with E-state index in [4.69, 9.17) is 5.84 Å². The lowest BCUT2D eigenvalue weighted by atomic mass is 9.96. The molecule has 86 valence electrons. The predicted octanol–water partition coefficient (Wildman–Crippen LogP) is 0.971. The first-order valence-corrected chi connectivity index (χ1v) is 5.08. The van der Waals surface area contributed by atoms with Crippen LogP contribution in [-0.4, -0.2) is 30.3 Å². The van der Waals surface area contributed by atoms with E-state index in [0.29, 0.717) is 5.01 Å². The van der Waals surface area contributed by atoms with Crippen molar-refractivity contribution in [3.8, 4) is 0 Å². The number of amides is 3. The zero-order valence-electron chi connectivity index (χ0n) is 8.86. The minimum absolute atomic E-state index is 0.127. The van der Waals surface area contributed by atoms with Crippen LogP contribution in [0.4, 0.5) is 9.59 Å². The number of rotatable bonds is 1. The van der Waals surface area contributed by atoms with Crippen LogP contribution in [0.2, 0.25) is 0 Å². The second kappa shape index (κ2) is 5.55. The lowest BCUT2D eigenvalue weighted by Gasteiger charge is -2.24. The van der Waals surface area contributed by atoms with Gasteiger partial charge in [-0.05, 0) is 12.8 Å². The zero-order chi connectivity index (χ0) is 11.3. The molecule has 0 bridgehead atoms. The van der Waals surface area contributed by atoms with Gasteiger partial charge in [0, 0.05) is 6.04 Å². The van der Waals surface area contributed by atoms with E-state index in [1.807, 2.05) is 0 Å². The number of nitrogens with zero attached hydrogens (tertiary/aromatic N) is 1. The van der Waals surface area contributed by atoms with Crippen molar-refractivity contribution in [2.45, 2.75) is 38.1 Å². The number of methoxy groups -OCH3 is 1. The van der Waals surface area contributed by atoms with Crippen molar-refractivity contribution < 1.29 is 14.3 Å². The van der Waals surface area contributed by atoms with Gasteiger partial charge in [0.1, 0.15) is 0 Å². The van der Waals surface area contributed by atoms with E-state index in [0.717, 1.165) is 25.7 Å². The topological polar surface area (TPSA) is 84.7 Å². The minimum atomic E-state index is -0.858. The molecule has 6 nitrogen and oxygen atoms in total. The van der Waals surface area contributed by atoms with Crippen molar-refractivity contribution in [1.29, 1.82) is 0 Å². The molecular formula is C9H17N3O3. The molecule has 0 aromatic carbocycles. The molecule has 0 atom stereocenters. The molecule has 1 saturated carbocycles. The highest BCUT2D eigenvalue weighted by molar-refractivity contribution is 5.90. The lowest BCUT2D eigenvalue weighted by molar-refractivity contribution is 0.127. The van der Waals surface area contributed by atoms with Gasteiger partial charge in [-0.1, -0.05) is 19.3 Å². The summed E-state index contributed by atoms with van der Waals surface area (Å²) in [7, 11) is 1.18. The van der Waals surface area contributed by atoms with Crippen LogP contribution in [0.25, 0.3) is 0 Å². The van der Waals surface area contributed by atoms with Gasteiger partial charge in [-0.2, -0.15) is 5.01 Å². The van der Waals surface area contributed by atoms with Gasteiger partial charge in [0.2, 0.25) is 0 Å². The molecule has 1 fully saturated rings. The SMILES string of the molecule is COC(=O)N(N)C(=O)NC1CCCCC1. The van der Waals surface area contributed by atoms with E-state index in [2.05, 4.69) is 10.1 Å². The van der Waals surface area contributed by atoms with Crippen molar-refractivity contribution in [3.05, 3.63) is 0 Å². The number of nitrogens with two attached hydrogens (primary N) is 1. The van der Waals surface area contributed by atoms with Crippen LogP contribution in [0, 0.1) is 0 Å².